The van der Waals surface area contributed by atoms with Crippen LogP contribution in [0.15, 0.2) is 60.7 Å². The molecule has 2 aromatic carbocycles. The van der Waals surface area contributed by atoms with E-state index in [1.165, 1.54) is 0 Å². The number of thiazole rings is 1. The van der Waals surface area contributed by atoms with E-state index in [2.05, 4.69) is 24.6 Å². The van der Waals surface area contributed by atoms with Gasteiger partial charge in [-0.2, -0.15) is 0 Å². The zero-order valence-electron chi connectivity index (χ0n) is 22.2. The summed E-state index contributed by atoms with van der Waals surface area (Å²) in [6.45, 7) is 11.5. The van der Waals surface area contributed by atoms with Crippen LogP contribution in [0.2, 0.25) is 0 Å². The second-order valence-electron chi connectivity index (χ2n) is 10.4. The molecule has 3 heterocycles. The van der Waals surface area contributed by atoms with Crippen LogP contribution in [0.4, 0.5) is 0 Å². The molecule has 0 N–H and O–H groups in total. The first-order valence-electron chi connectivity index (χ1n) is 13.5. The number of aryl methyl sites for hydroxylation is 1. The molecular weight excluding hydrogens is 494 g/mol. The van der Waals surface area contributed by atoms with E-state index in [4.69, 9.17) is 4.74 Å². The van der Waals surface area contributed by atoms with Crippen molar-refractivity contribution in [1.29, 1.82) is 0 Å². The average Bonchev–Trinajstić information content (AvgIpc) is 3.56. The fourth-order valence-electron chi connectivity index (χ4n) is 5.19. The van der Waals surface area contributed by atoms with Crippen molar-refractivity contribution in [2.45, 2.75) is 46.1 Å². The van der Waals surface area contributed by atoms with Gasteiger partial charge in [-0.25, -0.2) is 4.98 Å². The van der Waals surface area contributed by atoms with Crippen molar-refractivity contribution < 1.29 is 14.3 Å². The zero-order chi connectivity index (χ0) is 26.6. The van der Waals surface area contributed by atoms with Crippen LogP contribution in [-0.4, -0.2) is 52.8 Å². The molecule has 198 valence electrons. The van der Waals surface area contributed by atoms with E-state index < -0.39 is 0 Å². The van der Waals surface area contributed by atoms with Gasteiger partial charge in [-0.15, -0.1) is 11.3 Å². The molecule has 1 aromatic heterocycles. The summed E-state index contributed by atoms with van der Waals surface area (Å²) in [6.07, 6.45) is 5.82. The van der Waals surface area contributed by atoms with E-state index in [1.54, 1.807) is 17.4 Å². The lowest BCUT2D eigenvalue weighted by Crippen LogP contribution is -2.36. The number of ether oxygens (including phenoxy) is 1. The number of carbonyl (C=O) groups is 2. The molecule has 2 aliphatic rings. The Balaban J connectivity index is 1.42. The van der Waals surface area contributed by atoms with Gasteiger partial charge in [0, 0.05) is 37.3 Å². The largest absolute Gasteiger partial charge is 0.486 e. The van der Waals surface area contributed by atoms with Gasteiger partial charge in [0.15, 0.2) is 0 Å². The monoisotopic (exact) mass is 529 g/mol. The Labute approximate surface area is 228 Å². The molecule has 2 saturated heterocycles. The van der Waals surface area contributed by atoms with Gasteiger partial charge in [-0.1, -0.05) is 31.7 Å². The van der Waals surface area contributed by atoms with Gasteiger partial charge in [-0.05, 0) is 80.0 Å². The highest BCUT2D eigenvalue weighted by Crippen LogP contribution is 2.30. The van der Waals surface area contributed by atoms with Gasteiger partial charge in [0.25, 0.3) is 11.8 Å². The van der Waals surface area contributed by atoms with Crippen molar-refractivity contribution in [2.75, 3.05) is 26.2 Å². The number of piperidine rings is 1. The van der Waals surface area contributed by atoms with Crippen LogP contribution in [0, 0.1) is 12.8 Å². The number of benzene rings is 2. The van der Waals surface area contributed by atoms with Crippen LogP contribution in [0.1, 0.15) is 48.7 Å². The summed E-state index contributed by atoms with van der Waals surface area (Å²) >= 11 is 1.62. The Kier molecular flexibility index (Phi) is 7.93. The summed E-state index contributed by atoms with van der Waals surface area (Å²) < 4.78 is 7.26. The van der Waals surface area contributed by atoms with E-state index in [1.807, 2.05) is 53.1 Å². The van der Waals surface area contributed by atoms with Crippen LogP contribution in [0.3, 0.4) is 0 Å². The first-order valence-corrected chi connectivity index (χ1v) is 14.3. The lowest BCUT2D eigenvalue weighted by Gasteiger charge is -2.28. The predicted molar refractivity (Wildman–Crippen MR) is 153 cm³/mol. The lowest BCUT2D eigenvalue weighted by atomic mass is 9.96. The summed E-state index contributed by atoms with van der Waals surface area (Å²) in [4.78, 5) is 35.4. The lowest BCUT2D eigenvalue weighted by molar-refractivity contribution is -0.126. The van der Waals surface area contributed by atoms with Gasteiger partial charge >= 0.3 is 0 Å². The molecule has 1 unspecified atom stereocenters. The Hall–Kier alpha value is -3.45. The molecule has 7 heteroatoms. The fraction of sp³-hybridized carbons (Fsp3) is 0.387. The topological polar surface area (TPSA) is 62.7 Å². The van der Waals surface area contributed by atoms with Crippen LogP contribution in [-0.2, 0) is 16.2 Å². The van der Waals surface area contributed by atoms with E-state index in [-0.39, 0.29) is 11.8 Å². The van der Waals surface area contributed by atoms with Crippen molar-refractivity contribution in [2.24, 2.45) is 5.92 Å². The van der Waals surface area contributed by atoms with Gasteiger partial charge < -0.3 is 14.5 Å². The molecule has 0 aliphatic carbocycles. The number of rotatable bonds is 7. The van der Waals surface area contributed by atoms with Crippen LogP contribution >= 0.6 is 11.3 Å². The first kappa shape index (κ1) is 26.2. The molecule has 3 aromatic rings. The van der Waals surface area contributed by atoms with E-state index in [0.29, 0.717) is 29.4 Å². The van der Waals surface area contributed by atoms with Crippen molar-refractivity contribution in [1.82, 2.24) is 14.8 Å². The van der Waals surface area contributed by atoms with E-state index >= 15 is 0 Å². The number of aromatic nitrogens is 1. The molecule has 5 rings (SSSR count). The minimum atomic E-state index is -0.0980. The Morgan fingerprint density at radius 3 is 2.61 bits per heavy atom. The van der Waals surface area contributed by atoms with Crippen molar-refractivity contribution in [3.8, 4) is 5.75 Å². The zero-order valence-corrected chi connectivity index (χ0v) is 23.1. The Bertz CT molecular complexity index is 1350. The Morgan fingerprint density at radius 1 is 1.08 bits per heavy atom. The number of para-hydroxylation sites is 1. The molecule has 0 radical (unpaired) electrons. The standard InChI is InChI=1S/C31H35N3O3S/c1-21-13-16-34(19-21)30(35)23(3)17-26(31(36)33-14-7-4-8-15-33)25-18-24(12-11-22(25)2)37-20-29-32-27-9-5-6-10-28(27)38-29/h5-6,9-12,17-18,21H,3-4,7-8,13-16,19-20H2,1-2H3/b26-17+. The number of hydrogen-bond acceptors (Lipinski definition) is 5. The quantitative estimate of drug-likeness (QED) is 0.278. The number of likely N-dealkylation sites (tertiary alicyclic amines) is 2. The van der Waals surface area contributed by atoms with Gasteiger partial charge in [-0.3, -0.25) is 9.59 Å². The molecular formula is C31H35N3O3S. The molecule has 6 nitrogen and oxygen atoms in total. The number of hydrogen-bond donors (Lipinski definition) is 0. The highest BCUT2D eigenvalue weighted by molar-refractivity contribution is 7.18. The molecule has 2 amide bonds. The maximum absolute atomic E-state index is 13.8. The minimum Gasteiger partial charge on any atom is -0.486 e. The summed E-state index contributed by atoms with van der Waals surface area (Å²) in [5.74, 6) is 0.989. The summed E-state index contributed by atoms with van der Waals surface area (Å²) in [5.41, 5.74) is 3.53. The third kappa shape index (κ3) is 5.83. The second-order valence-corrected chi connectivity index (χ2v) is 11.5. The SMILES string of the molecule is C=C(/C=C(/C(=O)N1CCCCC1)c1cc(OCc2nc3ccccc3s2)ccc1C)C(=O)N1CCC(C)C1. The van der Waals surface area contributed by atoms with Crippen LogP contribution in [0.5, 0.6) is 5.75 Å². The predicted octanol–water partition coefficient (Wildman–Crippen LogP) is 6.00. The van der Waals surface area contributed by atoms with Crippen LogP contribution in [0.25, 0.3) is 15.8 Å². The van der Waals surface area contributed by atoms with Crippen molar-refractivity contribution in [3.63, 3.8) is 0 Å². The minimum absolute atomic E-state index is 0.0557. The number of nitrogens with zero attached hydrogens (tertiary/aromatic N) is 3. The van der Waals surface area contributed by atoms with Crippen molar-refractivity contribution >= 4 is 38.9 Å². The van der Waals surface area contributed by atoms with Gasteiger partial charge in [0.2, 0.25) is 0 Å². The van der Waals surface area contributed by atoms with E-state index in [9.17, 15) is 9.59 Å². The molecule has 0 saturated carbocycles. The molecule has 38 heavy (non-hydrogen) atoms. The van der Waals surface area contributed by atoms with Crippen LogP contribution < -0.4 is 4.74 Å². The van der Waals surface area contributed by atoms with E-state index in [0.717, 1.165) is 78.2 Å². The summed E-state index contributed by atoms with van der Waals surface area (Å²) in [5, 5.41) is 0.896. The highest BCUT2D eigenvalue weighted by atomic mass is 32.1. The maximum atomic E-state index is 13.8. The molecule has 1 atom stereocenters. The second kappa shape index (κ2) is 11.5. The third-order valence-electron chi connectivity index (χ3n) is 7.38. The highest BCUT2D eigenvalue weighted by Gasteiger charge is 2.27. The third-order valence-corrected chi connectivity index (χ3v) is 8.39. The number of fused-ring (bicyclic) bond motifs is 1. The molecule has 2 fully saturated rings. The molecule has 0 spiro atoms. The summed E-state index contributed by atoms with van der Waals surface area (Å²) in [6, 6.07) is 13.8. The van der Waals surface area contributed by atoms with Gasteiger partial charge in [0.1, 0.15) is 17.4 Å². The Morgan fingerprint density at radius 2 is 1.87 bits per heavy atom. The maximum Gasteiger partial charge on any atom is 0.254 e. The first-order chi connectivity index (χ1) is 18.4. The smallest absolute Gasteiger partial charge is 0.254 e. The summed E-state index contributed by atoms with van der Waals surface area (Å²) in [7, 11) is 0. The number of amides is 2. The number of carbonyl (C=O) groups excluding carboxylic acids is 2. The molecule has 2 aliphatic heterocycles. The average molecular weight is 530 g/mol. The fourth-order valence-corrected chi connectivity index (χ4v) is 6.07. The normalized spacial score (nSPS) is 18.2. The van der Waals surface area contributed by atoms with Gasteiger partial charge in [0.05, 0.1) is 10.2 Å². The van der Waals surface area contributed by atoms with Crippen molar-refractivity contribution in [3.05, 3.63) is 76.8 Å². The molecule has 0 bridgehead atoms.